The summed E-state index contributed by atoms with van der Waals surface area (Å²) in [5, 5.41) is 7.62. The third-order valence-electron chi connectivity index (χ3n) is 3.57. The smallest absolute Gasteiger partial charge is 0.259 e. The summed E-state index contributed by atoms with van der Waals surface area (Å²) >= 11 is 0. The first-order valence-electron chi connectivity index (χ1n) is 6.74. The molecular formula is C12H23ClN4O2S. The van der Waals surface area contributed by atoms with Gasteiger partial charge in [0.25, 0.3) is 10.0 Å². The number of nitrogens with one attached hydrogen (secondary N) is 1. The normalized spacial score (nSPS) is 19.9. The molecule has 0 bridgehead atoms. The summed E-state index contributed by atoms with van der Waals surface area (Å²) in [5.41, 5.74) is 0. The van der Waals surface area contributed by atoms with Crippen LogP contribution in [-0.2, 0) is 16.6 Å². The van der Waals surface area contributed by atoms with Crippen LogP contribution in [0, 0.1) is 5.92 Å². The highest BCUT2D eigenvalue weighted by Gasteiger charge is 2.27. The van der Waals surface area contributed by atoms with Crippen molar-refractivity contribution in [3.8, 4) is 0 Å². The van der Waals surface area contributed by atoms with Gasteiger partial charge in [0.15, 0.2) is 5.03 Å². The van der Waals surface area contributed by atoms with E-state index in [1.54, 1.807) is 13.1 Å². The highest BCUT2D eigenvalue weighted by Crippen LogP contribution is 2.18. The van der Waals surface area contributed by atoms with E-state index in [0.717, 1.165) is 25.9 Å². The van der Waals surface area contributed by atoms with Crippen molar-refractivity contribution in [2.24, 2.45) is 5.92 Å². The molecular weight excluding hydrogens is 300 g/mol. The number of hydrogen-bond acceptors (Lipinski definition) is 4. The van der Waals surface area contributed by atoms with Crippen LogP contribution in [0.3, 0.4) is 0 Å². The van der Waals surface area contributed by atoms with Crippen molar-refractivity contribution < 1.29 is 8.42 Å². The van der Waals surface area contributed by atoms with Gasteiger partial charge in [0.1, 0.15) is 0 Å². The Bertz CT molecular complexity index is 511. The van der Waals surface area contributed by atoms with E-state index in [1.807, 2.05) is 6.92 Å². The Morgan fingerprint density at radius 2 is 2.30 bits per heavy atom. The number of rotatable bonds is 5. The maximum Gasteiger partial charge on any atom is 0.259 e. The third kappa shape index (κ3) is 3.72. The number of aryl methyl sites for hydroxylation is 1. The highest BCUT2D eigenvalue weighted by atomic mass is 35.5. The average Bonchev–Trinajstić information content (AvgIpc) is 2.88. The molecule has 0 saturated carbocycles. The number of sulfonamides is 1. The zero-order valence-electron chi connectivity index (χ0n) is 11.9. The van der Waals surface area contributed by atoms with Crippen molar-refractivity contribution in [3.05, 3.63) is 12.3 Å². The molecule has 6 nitrogen and oxygen atoms in total. The van der Waals surface area contributed by atoms with Gasteiger partial charge in [0.05, 0.1) is 6.20 Å². The first-order chi connectivity index (χ1) is 9.05. The fraction of sp³-hybridized carbons (Fsp3) is 0.750. The van der Waals surface area contributed by atoms with Gasteiger partial charge in [-0.05, 0) is 44.8 Å². The molecule has 116 valence electrons. The van der Waals surface area contributed by atoms with E-state index in [9.17, 15) is 8.42 Å². The van der Waals surface area contributed by atoms with E-state index in [-0.39, 0.29) is 17.4 Å². The van der Waals surface area contributed by atoms with Crippen molar-refractivity contribution in [2.45, 2.75) is 31.3 Å². The molecule has 0 amide bonds. The first-order valence-corrected chi connectivity index (χ1v) is 8.18. The van der Waals surface area contributed by atoms with Crippen molar-refractivity contribution in [2.75, 3.05) is 26.7 Å². The predicted molar refractivity (Wildman–Crippen MR) is 80.6 cm³/mol. The lowest BCUT2D eigenvalue weighted by Crippen LogP contribution is -2.39. The zero-order chi connectivity index (χ0) is 13.9. The number of halogens is 1. The van der Waals surface area contributed by atoms with E-state index in [0.29, 0.717) is 19.0 Å². The van der Waals surface area contributed by atoms with Gasteiger partial charge < -0.3 is 5.32 Å². The number of nitrogens with zero attached hydrogens (tertiary/aromatic N) is 3. The van der Waals surface area contributed by atoms with Crippen LogP contribution in [-0.4, -0.2) is 49.2 Å². The molecule has 1 N–H and O–H groups in total. The van der Waals surface area contributed by atoms with Gasteiger partial charge >= 0.3 is 0 Å². The summed E-state index contributed by atoms with van der Waals surface area (Å²) in [7, 11) is -1.78. The van der Waals surface area contributed by atoms with E-state index in [1.165, 1.54) is 15.2 Å². The van der Waals surface area contributed by atoms with Gasteiger partial charge in [0.2, 0.25) is 0 Å². The molecule has 1 aromatic rings. The van der Waals surface area contributed by atoms with Crippen LogP contribution in [0.25, 0.3) is 0 Å². The summed E-state index contributed by atoms with van der Waals surface area (Å²) in [4.78, 5) is 0. The minimum absolute atomic E-state index is 0. The lowest BCUT2D eigenvalue weighted by molar-refractivity contribution is 0.313. The maximum atomic E-state index is 12.5. The van der Waals surface area contributed by atoms with Crippen LogP contribution in [0.5, 0.6) is 0 Å². The van der Waals surface area contributed by atoms with Gasteiger partial charge in [-0.3, -0.25) is 4.68 Å². The number of aromatic nitrogens is 2. The van der Waals surface area contributed by atoms with Crippen molar-refractivity contribution in [3.63, 3.8) is 0 Å². The van der Waals surface area contributed by atoms with Crippen molar-refractivity contribution in [1.29, 1.82) is 0 Å². The quantitative estimate of drug-likeness (QED) is 0.876. The molecule has 0 aromatic carbocycles. The summed E-state index contributed by atoms with van der Waals surface area (Å²) in [6, 6.07) is 1.56. The lowest BCUT2D eigenvalue weighted by Gasteiger charge is -2.27. The largest absolute Gasteiger partial charge is 0.316 e. The highest BCUT2D eigenvalue weighted by molar-refractivity contribution is 7.89. The molecule has 1 atom stereocenters. The molecule has 1 aliphatic rings. The second-order valence-electron chi connectivity index (χ2n) is 4.98. The second kappa shape index (κ2) is 7.40. The van der Waals surface area contributed by atoms with E-state index >= 15 is 0 Å². The molecule has 2 heterocycles. The summed E-state index contributed by atoms with van der Waals surface area (Å²) in [6.45, 7) is 4.93. The molecule has 20 heavy (non-hydrogen) atoms. The summed E-state index contributed by atoms with van der Waals surface area (Å²) in [5.74, 6) is 0.395. The second-order valence-corrected chi connectivity index (χ2v) is 6.97. The van der Waals surface area contributed by atoms with Crippen molar-refractivity contribution in [1.82, 2.24) is 19.4 Å². The SMILES string of the molecule is CCn1nccc1S(=O)(=O)N(C)CC1CCCNC1.Cl. The fourth-order valence-corrected chi connectivity index (χ4v) is 3.88. The van der Waals surface area contributed by atoms with Crippen molar-refractivity contribution >= 4 is 22.4 Å². The zero-order valence-corrected chi connectivity index (χ0v) is 13.6. The van der Waals surface area contributed by atoms with Crippen LogP contribution < -0.4 is 5.32 Å². The Labute approximate surface area is 127 Å². The molecule has 1 aliphatic heterocycles. The number of hydrogen-bond donors (Lipinski definition) is 1. The third-order valence-corrected chi connectivity index (χ3v) is 5.41. The van der Waals surface area contributed by atoms with Crippen LogP contribution in [0.4, 0.5) is 0 Å². The molecule has 1 saturated heterocycles. The molecule has 0 radical (unpaired) electrons. The van der Waals surface area contributed by atoms with Crippen LogP contribution in [0.2, 0.25) is 0 Å². The van der Waals surface area contributed by atoms with Crippen LogP contribution >= 0.6 is 12.4 Å². The van der Waals surface area contributed by atoms with Gasteiger partial charge in [0, 0.05) is 20.1 Å². The lowest BCUT2D eigenvalue weighted by atomic mass is 10.00. The standard InChI is InChI=1S/C12H22N4O2S.ClH/c1-3-16-12(6-8-14-16)19(17,18)15(2)10-11-5-4-7-13-9-11;/h6,8,11,13H,3-5,7,9-10H2,1-2H3;1H. The molecule has 2 rings (SSSR count). The number of piperidine rings is 1. The maximum absolute atomic E-state index is 12.5. The Balaban J connectivity index is 0.00000200. The van der Waals surface area contributed by atoms with Crippen LogP contribution in [0.15, 0.2) is 17.3 Å². The molecule has 8 heteroatoms. The van der Waals surface area contributed by atoms with Crippen LogP contribution in [0.1, 0.15) is 19.8 Å². The molecule has 1 aromatic heterocycles. The molecule has 1 fully saturated rings. The summed E-state index contributed by atoms with van der Waals surface area (Å²) < 4.78 is 28.0. The van der Waals surface area contributed by atoms with Gasteiger partial charge in [-0.15, -0.1) is 12.4 Å². The predicted octanol–water partition coefficient (Wildman–Crippen LogP) is 0.945. The molecule has 1 unspecified atom stereocenters. The van der Waals surface area contributed by atoms with E-state index in [4.69, 9.17) is 0 Å². The van der Waals surface area contributed by atoms with Gasteiger partial charge in [-0.1, -0.05) is 0 Å². The minimum atomic E-state index is -3.43. The Morgan fingerprint density at radius 1 is 1.55 bits per heavy atom. The van der Waals surface area contributed by atoms with E-state index < -0.39 is 10.0 Å². The molecule has 0 spiro atoms. The Morgan fingerprint density at radius 3 is 2.90 bits per heavy atom. The monoisotopic (exact) mass is 322 g/mol. The van der Waals surface area contributed by atoms with Gasteiger partial charge in [-0.25, -0.2) is 8.42 Å². The minimum Gasteiger partial charge on any atom is -0.316 e. The average molecular weight is 323 g/mol. The Hall–Kier alpha value is -0.630. The topological polar surface area (TPSA) is 67.2 Å². The molecule has 0 aliphatic carbocycles. The fourth-order valence-electron chi connectivity index (χ4n) is 2.48. The first kappa shape index (κ1) is 17.4. The Kier molecular flexibility index (Phi) is 6.44. The van der Waals surface area contributed by atoms with Gasteiger partial charge in [-0.2, -0.15) is 9.40 Å². The van der Waals surface area contributed by atoms with E-state index in [2.05, 4.69) is 10.4 Å². The summed E-state index contributed by atoms with van der Waals surface area (Å²) in [6.07, 6.45) is 3.73.